The molecule has 0 aliphatic rings. The SMILES string of the molecule is Cc1cc(C)cc([SiH](c2ccccc2)c2ccccc2)c1. The third kappa shape index (κ3) is 3.14. The molecule has 0 radical (unpaired) electrons. The summed E-state index contributed by atoms with van der Waals surface area (Å²) in [6, 6.07) is 28.9. The van der Waals surface area contributed by atoms with Crippen LogP contribution < -0.4 is 15.6 Å². The van der Waals surface area contributed by atoms with Crippen LogP contribution in [0.3, 0.4) is 0 Å². The van der Waals surface area contributed by atoms with Crippen molar-refractivity contribution < 1.29 is 0 Å². The van der Waals surface area contributed by atoms with Crippen molar-refractivity contribution in [3.05, 3.63) is 90.0 Å². The van der Waals surface area contributed by atoms with Gasteiger partial charge in [0.25, 0.3) is 0 Å². The third-order valence-electron chi connectivity index (χ3n) is 3.84. The molecule has 0 aliphatic heterocycles. The van der Waals surface area contributed by atoms with Gasteiger partial charge in [0.1, 0.15) is 8.80 Å². The van der Waals surface area contributed by atoms with Gasteiger partial charge < -0.3 is 0 Å². The molecule has 0 amide bonds. The fraction of sp³-hybridized carbons (Fsp3) is 0.100. The highest BCUT2D eigenvalue weighted by atomic mass is 28.3. The average Bonchev–Trinajstić information content (AvgIpc) is 2.49. The Morgan fingerprint density at radius 1 is 0.524 bits per heavy atom. The first kappa shape index (κ1) is 13.8. The van der Waals surface area contributed by atoms with E-state index in [2.05, 4.69) is 92.7 Å². The lowest BCUT2D eigenvalue weighted by atomic mass is 10.2. The van der Waals surface area contributed by atoms with E-state index >= 15 is 0 Å². The molecule has 0 N–H and O–H groups in total. The molecule has 0 heterocycles. The van der Waals surface area contributed by atoms with E-state index in [0.717, 1.165) is 0 Å². The molecule has 0 saturated carbocycles. The van der Waals surface area contributed by atoms with Gasteiger partial charge in [-0.2, -0.15) is 0 Å². The third-order valence-corrected chi connectivity index (χ3v) is 6.95. The van der Waals surface area contributed by atoms with Crippen molar-refractivity contribution in [3.8, 4) is 0 Å². The van der Waals surface area contributed by atoms with Crippen molar-refractivity contribution in [2.24, 2.45) is 0 Å². The summed E-state index contributed by atoms with van der Waals surface area (Å²) in [7, 11) is -1.36. The summed E-state index contributed by atoms with van der Waals surface area (Å²) in [5.74, 6) is 0. The molecular weight excluding hydrogens is 268 g/mol. The molecule has 0 atom stereocenters. The van der Waals surface area contributed by atoms with Crippen LogP contribution in [-0.4, -0.2) is 8.80 Å². The van der Waals surface area contributed by atoms with Crippen molar-refractivity contribution in [2.45, 2.75) is 13.8 Å². The molecular formula is C20H20Si. The number of hydrogen-bond acceptors (Lipinski definition) is 0. The molecule has 0 bridgehead atoms. The molecule has 0 aliphatic carbocycles. The van der Waals surface area contributed by atoms with Crippen LogP contribution in [0.25, 0.3) is 0 Å². The van der Waals surface area contributed by atoms with Gasteiger partial charge in [0.2, 0.25) is 0 Å². The van der Waals surface area contributed by atoms with Gasteiger partial charge in [0.15, 0.2) is 0 Å². The molecule has 21 heavy (non-hydrogen) atoms. The van der Waals surface area contributed by atoms with E-state index < -0.39 is 8.80 Å². The summed E-state index contributed by atoms with van der Waals surface area (Å²) < 4.78 is 0. The molecule has 0 fully saturated rings. The lowest BCUT2D eigenvalue weighted by Crippen LogP contribution is -2.52. The largest absolute Gasteiger partial charge is 0.132 e. The molecule has 3 aromatic carbocycles. The maximum atomic E-state index is 2.36. The van der Waals surface area contributed by atoms with Crippen molar-refractivity contribution in [2.75, 3.05) is 0 Å². The predicted octanol–water partition coefficient (Wildman–Crippen LogP) is 2.55. The number of benzene rings is 3. The van der Waals surface area contributed by atoms with Gasteiger partial charge in [-0.05, 0) is 13.8 Å². The maximum absolute atomic E-state index is 2.36. The molecule has 0 aromatic heterocycles. The maximum Gasteiger partial charge on any atom is 0.132 e. The number of rotatable bonds is 3. The van der Waals surface area contributed by atoms with Gasteiger partial charge in [-0.1, -0.05) is 106 Å². The van der Waals surface area contributed by atoms with Gasteiger partial charge in [0, 0.05) is 0 Å². The standard InChI is InChI=1S/C20H20Si/c1-16-13-17(2)15-20(14-16)21(18-9-5-3-6-10-18)19-11-7-4-8-12-19/h3-15,21H,1-2H3. The van der Waals surface area contributed by atoms with Crippen molar-refractivity contribution in [1.82, 2.24) is 0 Å². The Bertz CT molecular complexity index is 658. The normalized spacial score (nSPS) is 10.8. The van der Waals surface area contributed by atoms with Gasteiger partial charge in [-0.15, -0.1) is 0 Å². The Balaban J connectivity index is 2.17. The predicted molar refractivity (Wildman–Crippen MR) is 94.9 cm³/mol. The molecule has 0 spiro atoms. The minimum Gasteiger partial charge on any atom is -0.0625 e. The van der Waals surface area contributed by atoms with Gasteiger partial charge >= 0.3 is 0 Å². The number of aryl methyl sites for hydroxylation is 2. The zero-order chi connectivity index (χ0) is 14.7. The van der Waals surface area contributed by atoms with Crippen LogP contribution in [0.2, 0.25) is 0 Å². The van der Waals surface area contributed by atoms with Crippen LogP contribution in [0.4, 0.5) is 0 Å². The fourth-order valence-electron chi connectivity index (χ4n) is 3.04. The molecule has 0 nitrogen and oxygen atoms in total. The van der Waals surface area contributed by atoms with E-state index in [-0.39, 0.29) is 0 Å². The topological polar surface area (TPSA) is 0 Å². The Kier molecular flexibility index (Phi) is 4.02. The number of hydrogen-bond donors (Lipinski definition) is 0. The Morgan fingerprint density at radius 2 is 0.952 bits per heavy atom. The summed E-state index contributed by atoms with van der Waals surface area (Å²) in [4.78, 5) is 0. The minimum absolute atomic E-state index is 1.36. The molecule has 1 heteroatoms. The second kappa shape index (κ2) is 6.11. The molecule has 0 saturated heterocycles. The van der Waals surface area contributed by atoms with Crippen molar-refractivity contribution in [3.63, 3.8) is 0 Å². The van der Waals surface area contributed by atoms with E-state index in [1.165, 1.54) is 26.7 Å². The molecule has 104 valence electrons. The Hall–Kier alpha value is -2.12. The lowest BCUT2D eigenvalue weighted by molar-refractivity contribution is 1.40. The van der Waals surface area contributed by atoms with Crippen LogP contribution in [0.15, 0.2) is 78.9 Å². The van der Waals surface area contributed by atoms with E-state index in [4.69, 9.17) is 0 Å². The van der Waals surface area contributed by atoms with Crippen LogP contribution in [-0.2, 0) is 0 Å². The van der Waals surface area contributed by atoms with Gasteiger partial charge in [-0.3, -0.25) is 0 Å². The van der Waals surface area contributed by atoms with Crippen molar-refractivity contribution >= 4 is 24.4 Å². The molecule has 3 rings (SSSR count). The smallest absolute Gasteiger partial charge is 0.0625 e. The van der Waals surface area contributed by atoms with Crippen LogP contribution in [0, 0.1) is 13.8 Å². The second-order valence-electron chi connectivity index (χ2n) is 5.68. The van der Waals surface area contributed by atoms with Gasteiger partial charge in [0.05, 0.1) is 0 Å². The first-order valence-electron chi connectivity index (χ1n) is 7.42. The fourth-order valence-corrected chi connectivity index (χ4v) is 6.27. The van der Waals surface area contributed by atoms with Crippen molar-refractivity contribution in [1.29, 1.82) is 0 Å². The monoisotopic (exact) mass is 288 g/mol. The molecule has 0 unspecified atom stereocenters. The van der Waals surface area contributed by atoms with Crippen LogP contribution in [0.5, 0.6) is 0 Å². The highest BCUT2D eigenvalue weighted by Gasteiger charge is 2.18. The summed E-state index contributed by atoms with van der Waals surface area (Å²) in [5.41, 5.74) is 2.71. The zero-order valence-corrected chi connectivity index (χ0v) is 13.7. The van der Waals surface area contributed by atoms with E-state index in [9.17, 15) is 0 Å². The summed E-state index contributed by atoms with van der Waals surface area (Å²) in [5, 5.41) is 4.47. The molecule has 3 aromatic rings. The Labute approximate surface area is 128 Å². The van der Waals surface area contributed by atoms with Gasteiger partial charge in [-0.25, -0.2) is 0 Å². The van der Waals surface area contributed by atoms with E-state index in [1.54, 1.807) is 0 Å². The highest BCUT2D eigenvalue weighted by Crippen LogP contribution is 2.03. The van der Waals surface area contributed by atoms with E-state index in [0.29, 0.717) is 0 Å². The summed E-state index contributed by atoms with van der Waals surface area (Å²) >= 11 is 0. The first-order valence-corrected chi connectivity index (χ1v) is 9.15. The first-order chi connectivity index (χ1) is 10.2. The summed E-state index contributed by atoms with van der Waals surface area (Å²) in [6.07, 6.45) is 0. The average molecular weight is 288 g/mol. The minimum atomic E-state index is -1.36. The van der Waals surface area contributed by atoms with Crippen LogP contribution in [0.1, 0.15) is 11.1 Å². The van der Waals surface area contributed by atoms with Crippen LogP contribution >= 0.6 is 0 Å². The zero-order valence-electron chi connectivity index (χ0n) is 12.6. The lowest BCUT2D eigenvalue weighted by Gasteiger charge is -2.18. The van der Waals surface area contributed by atoms with E-state index in [1.807, 2.05) is 0 Å². The Morgan fingerprint density at radius 3 is 1.38 bits per heavy atom. The second-order valence-corrected chi connectivity index (χ2v) is 8.54. The summed E-state index contributed by atoms with van der Waals surface area (Å²) in [6.45, 7) is 4.38. The highest BCUT2D eigenvalue weighted by molar-refractivity contribution is 6.95. The quantitative estimate of drug-likeness (QED) is 0.513.